The molecule has 1 unspecified atom stereocenters. The van der Waals surface area contributed by atoms with Crippen molar-refractivity contribution in [2.24, 2.45) is 0 Å². The fraction of sp³-hybridized carbons (Fsp3) is 0.273. The maximum Gasteiger partial charge on any atom is 0.170 e. The molecule has 15 heavy (non-hydrogen) atoms. The van der Waals surface area contributed by atoms with Gasteiger partial charge in [0.1, 0.15) is 5.01 Å². The molecule has 0 bridgehead atoms. The zero-order chi connectivity index (χ0) is 10.1. The normalized spacial score (nSPS) is 20.4. The first kappa shape index (κ1) is 8.85. The van der Waals surface area contributed by atoms with Crippen LogP contribution >= 0.6 is 11.3 Å². The summed E-state index contributed by atoms with van der Waals surface area (Å²) in [6, 6.07) is 4.04. The van der Waals surface area contributed by atoms with E-state index in [1.54, 1.807) is 17.5 Å². The maximum atomic E-state index is 4.56. The smallest absolute Gasteiger partial charge is 0.170 e. The standard InChI is InChI=1S/C11H11N3S/c1-2-9-10(13-5-1)14-11(15-9)8-3-6-12-7-4-8/h1-3,5-6,8,12H,4,7H2. The third-order valence-corrected chi connectivity index (χ3v) is 3.69. The molecule has 0 spiro atoms. The predicted molar refractivity (Wildman–Crippen MR) is 61.9 cm³/mol. The number of rotatable bonds is 1. The summed E-state index contributed by atoms with van der Waals surface area (Å²) in [5.41, 5.74) is 0.879. The Morgan fingerprint density at radius 2 is 2.47 bits per heavy atom. The van der Waals surface area contributed by atoms with Gasteiger partial charge in [-0.25, -0.2) is 9.97 Å². The Labute approximate surface area is 91.9 Å². The van der Waals surface area contributed by atoms with Crippen molar-refractivity contribution in [1.82, 2.24) is 15.3 Å². The second kappa shape index (κ2) is 3.62. The number of allylic oxidation sites excluding steroid dienone is 1. The van der Waals surface area contributed by atoms with Crippen molar-refractivity contribution in [2.45, 2.75) is 12.3 Å². The van der Waals surface area contributed by atoms with Gasteiger partial charge in [-0.15, -0.1) is 11.3 Å². The van der Waals surface area contributed by atoms with Crippen LogP contribution in [0.5, 0.6) is 0 Å². The molecule has 1 N–H and O–H groups in total. The molecule has 0 aromatic carbocycles. The van der Waals surface area contributed by atoms with Gasteiger partial charge in [-0.05, 0) is 24.8 Å². The molecule has 3 rings (SSSR count). The zero-order valence-electron chi connectivity index (χ0n) is 8.18. The zero-order valence-corrected chi connectivity index (χ0v) is 9.00. The molecule has 0 fully saturated rings. The second-order valence-electron chi connectivity index (χ2n) is 3.59. The molecule has 2 aromatic heterocycles. The summed E-state index contributed by atoms with van der Waals surface area (Å²) >= 11 is 1.75. The third-order valence-electron chi connectivity index (χ3n) is 2.54. The highest BCUT2D eigenvalue weighted by Gasteiger charge is 2.15. The molecule has 3 nitrogen and oxygen atoms in total. The van der Waals surface area contributed by atoms with Crippen molar-refractivity contribution < 1.29 is 0 Å². The van der Waals surface area contributed by atoms with E-state index in [2.05, 4.69) is 27.4 Å². The van der Waals surface area contributed by atoms with Gasteiger partial charge in [0.05, 0.1) is 4.70 Å². The molecule has 2 aromatic rings. The molecule has 0 saturated heterocycles. The summed E-state index contributed by atoms with van der Waals surface area (Å²) in [5.74, 6) is 0.463. The van der Waals surface area contributed by atoms with Crippen LogP contribution in [-0.2, 0) is 0 Å². The first-order valence-corrected chi connectivity index (χ1v) is 5.86. The van der Waals surface area contributed by atoms with Crippen LogP contribution in [0.4, 0.5) is 0 Å². The third kappa shape index (κ3) is 1.61. The van der Waals surface area contributed by atoms with Gasteiger partial charge in [-0.1, -0.05) is 6.08 Å². The quantitative estimate of drug-likeness (QED) is 0.796. The van der Waals surface area contributed by atoms with Gasteiger partial charge in [0.2, 0.25) is 0 Å². The molecule has 1 aliphatic heterocycles. The van der Waals surface area contributed by atoms with Crippen LogP contribution in [0.1, 0.15) is 17.3 Å². The average Bonchev–Trinajstić information content (AvgIpc) is 2.74. The molecule has 76 valence electrons. The lowest BCUT2D eigenvalue weighted by atomic mass is 10.0. The molecule has 0 radical (unpaired) electrons. The SMILES string of the molecule is C1=CC(c2nc3ncccc3s2)CCN1. The minimum atomic E-state index is 0.463. The van der Waals surface area contributed by atoms with E-state index in [1.807, 2.05) is 12.3 Å². The Morgan fingerprint density at radius 3 is 3.27 bits per heavy atom. The number of aromatic nitrogens is 2. The molecule has 0 aliphatic carbocycles. The maximum absolute atomic E-state index is 4.56. The lowest BCUT2D eigenvalue weighted by Gasteiger charge is -2.14. The number of pyridine rings is 1. The van der Waals surface area contributed by atoms with E-state index in [0.717, 1.165) is 18.6 Å². The van der Waals surface area contributed by atoms with Crippen LogP contribution < -0.4 is 5.32 Å². The second-order valence-corrected chi connectivity index (χ2v) is 4.65. The van der Waals surface area contributed by atoms with Crippen LogP contribution in [0.3, 0.4) is 0 Å². The van der Waals surface area contributed by atoms with Crippen molar-refractivity contribution in [3.8, 4) is 0 Å². The lowest BCUT2D eigenvalue weighted by molar-refractivity contribution is 0.655. The van der Waals surface area contributed by atoms with Crippen molar-refractivity contribution in [3.63, 3.8) is 0 Å². The molecular weight excluding hydrogens is 206 g/mol. The fourth-order valence-corrected chi connectivity index (χ4v) is 2.79. The molecule has 1 atom stereocenters. The Morgan fingerprint density at radius 1 is 1.47 bits per heavy atom. The summed E-state index contributed by atoms with van der Waals surface area (Å²) in [5, 5.41) is 4.38. The van der Waals surface area contributed by atoms with Crippen molar-refractivity contribution in [1.29, 1.82) is 0 Å². The number of nitrogens with one attached hydrogen (secondary N) is 1. The summed E-state index contributed by atoms with van der Waals surface area (Å²) in [7, 11) is 0. The largest absolute Gasteiger partial charge is 0.391 e. The van der Waals surface area contributed by atoms with E-state index >= 15 is 0 Å². The van der Waals surface area contributed by atoms with Gasteiger partial charge in [-0.2, -0.15) is 0 Å². The molecule has 3 heterocycles. The minimum absolute atomic E-state index is 0.463. The monoisotopic (exact) mass is 217 g/mol. The number of thiazole rings is 1. The molecule has 0 amide bonds. The van der Waals surface area contributed by atoms with Crippen molar-refractivity contribution in [3.05, 3.63) is 35.6 Å². The van der Waals surface area contributed by atoms with Gasteiger partial charge >= 0.3 is 0 Å². The number of hydrogen-bond donors (Lipinski definition) is 1. The summed E-state index contributed by atoms with van der Waals surface area (Å²) < 4.78 is 1.18. The van der Waals surface area contributed by atoms with Crippen LogP contribution in [0.15, 0.2) is 30.6 Å². The molecular formula is C11H11N3S. The van der Waals surface area contributed by atoms with Gasteiger partial charge in [0.25, 0.3) is 0 Å². The topological polar surface area (TPSA) is 37.8 Å². The summed E-state index contributed by atoms with van der Waals surface area (Å²) in [6.45, 7) is 1.03. The number of fused-ring (bicyclic) bond motifs is 1. The van der Waals surface area contributed by atoms with Gasteiger partial charge in [-0.3, -0.25) is 0 Å². The average molecular weight is 217 g/mol. The summed E-state index contributed by atoms with van der Waals surface area (Å²) in [6.07, 6.45) is 7.12. The van der Waals surface area contributed by atoms with Crippen LogP contribution in [0.25, 0.3) is 10.3 Å². The van der Waals surface area contributed by atoms with Crippen molar-refractivity contribution >= 4 is 21.7 Å². The lowest BCUT2D eigenvalue weighted by Crippen LogP contribution is -2.15. The Bertz CT molecular complexity index is 470. The minimum Gasteiger partial charge on any atom is -0.391 e. The van der Waals surface area contributed by atoms with Crippen LogP contribution in [0.2, 0.25) is 0 Å². The Hall–Kier alpha value is -1.42. The van der Waals surface area contributed by atoms with E-state index in [9.17, 15) is 0 Å². The van der Waals surface area contributed by atoms with Gasteiger partial charge < -0.3 is 5.32 Å². The molecule has 0 saturated carbocycles. The first-order chi connectivity index (χ1) is 7.43. The highest BCUT2D eigenvalue weighted by molar-refractivity contribution is 7.18. The Balaban J connectivity index is 2.03. The van der Waals surface area contributed by atoms with Crippen molar-refractivity contribution in [2.75, 3.05) is 6.54 Å². The first-order valence-electron chi connectivity index (χ1n) is 5.05. The molecule has 1 aliphatic rings. The Kier molecular flexibility index (Phi) is 2.14. The van der Waals surface area contributed by atoms with Crippen LogP contribution in [-0.4, -0.2) is 16.5 Å². The van der Waals surface area contributed by atoms with Gasteiger partial charge in [0, 0.05) is 18.7 Å². The number of nitrogens with zero attached hydrogens (tertiary/aromatic N) is 2. The molecule has 4 heteroatoms. The fourth-order valence-electron chi connectivity index (χ4n) is 1.75. The van der Waals surface area contributed by atoms with Crippen LogP contribution in [0, 0.1) is 0 Å². The van der Waals surface area contributed by atoms with E-state index < -0.39 is 0 Å². The summed E-state index contributed by atoms with van der Waals surface area (Å²) in [4.78, 5) is 8.82. The highest BCUT2D eigenvalue weighted by Crippen LogP contribution is 2.29. The highest BCUT2D eigenvalue weighted by atomic mass is 32.1. The van der Waals surface area contributed by atoms with E-state index in [0.29, 0.717) is 5.92 Å². The number of hydrogen-bond acceptors (Lipinski definition) is 4. The van der Waals surface area contributed by atoms with E-state index in [1.165, 1.54) is 9.71 Å². The van der Waals surface area contributed by atoms with E-state index in [4.69, 9.17) is 0 Å². The predicted octanol–water partition coefficient (Wildman–Crippen LogP) is 2.28. The van der Waals surface area contributed by atoms with E-state index in [-0.39, 0.29) is 0 Å². The van der Waals surface area contributed by atoms with Gasteiger partial charge in [0.15, 0.2) is 5.65 Å².